The lowest BCUT2D eigenvalue weighted by Crippen LogP contribution is -2.36. The summed E-state index contributed by atoms with van der Waals surface area (Å²) >= 11 is 13.2. The van der Waals surface area contributed by atoms with Gasteiger partial charge in [-0.25, -0.2) is 9.98 Å². The van der Waals surface area contributed by atoms with E-state index in [1.807, 2.05) is 62.4 Å². The molecule has 1 aromatic heterocycles. The summed E-state index contributed by atoms with van der Waals surface area (Å²) in [5.41, 5.74) is 5.69. The molecule has 0 aliphatic carbocycles. The van der Waals surface area contributed by atoms with Crippen LogP contribution in [0.25, 0.3) is 0 Å². The van der Waals surface area contributed by atoms with Gasteiger partial charge in [0.1, 0.15) is 16.5 Å². The lowest BCUT2D eigenvalue weighted by Gasteiger charge is -2.38. The molecule has 5 heteroatoms. The van der Waals surface area contributed by atoms with Crippen LogP contribution in [0, 0.1) is 13.8 Å². The highest BCUT2D eigenvalue weighted by Gasteiger charge is 2.41. The van der Waals surface area contributed by atoms with Crippen LogP contribution in [0.5, 0.6) is 0 Å². The Morgan fingerprint density at radius 3 is 1.94 bits per heavy atom. The summed E-state index contributed by atoms with van der Waals surface area (Å²) in [5.74, 6) is 0.647. The maximum atomic E-state index is 6.66. The Balaban J connectivity index is 1.89. The number of anilines is 1. The summed E-state index contributed by atoms with van der Waals surface area (Å²) < 4.78 is 0. The number of rotatable bonds is 3. The minimum atomic E-state index is -0.757. The first-order valence-corrected chi connectivity index (χ1v) is 11.2. The van der Waals surface area contributed by atoms with Gasteiger partial charge in [0.2, 0.25) is 0 Å². The molecule has 5 rings (SSSR count). The topological polar surface area (TPSA) is 37.3 Å². The van der Waals surface area contributed by atoms with Gasteiger partial charge in [-0.15, -0.1) is 0 Å². The van der Waals surface area contributed by atoms with Crippen LogP contribution in [0.15, 0.2) is 89.9 Å². The summed E-state index contributed by atoms with van der Waals surface area (Å²) in [7, 11) is 0. The number of benzene rings is 3. The average Bonchev–Trinajstić information content (AvgIpc) is 2.83. The fourth-order valence-electron chi connectivity index (χ4n) is 4.44. The second-order valence-electron chi connectivity index (χ2n) is 7.88. The van der Waals surface area contributed by atoms with E-state index in [9.17, 15) is 0 Å². The third kappa shape index (κ3) is 3.21. The normalized spacial score (nSPS) is 14.3. The molecular formula is C27H21Cl2N3. The van der Waals surface area contributed by atoms with Crippen LogP contribution in [-0.2, 0) is 5.54 Å². The lowest BCUT2D eigenvalue weighted by atomic mass is 9.76. The van der Waals surface area contributed by atoms with Crippen molar-refractivity contribution in [2.45, 2.75) is 19.4 Å². The zero-order chi connectivity index (χ0) is 22.3. The van der Waals surface area contributed by atoms with E-state index < -0.39 is 5.54 Å². The van der Waals surface area contributed by atoms with Crippen LogP contribution in [0.2, 0.25) is 10.2 Å². The highest BCUT2D eigenvalue weighted by molar-refractivity contribution is 6.37. The quantitative estimate of drug-likeness (QED) is 0.331. The van der Waals surface area contributed by atoms with Crippen molar-refractivity contribution in [1.82, 2.24) is 4.98 Å². The highest BCUT2D eigenvalue weighted by Crippen LogP contribution is 2.47. The number of nitrogens with zero attached hydrogens (tertiary/aromatic N) is 2. The van der Waals surface area contributed by atoms with E-state index in [1.165, 1.54) is 0 Å². The van der Waals surface area contributed by atoms with Gasteiger partial charge in [-0.1, -0.05) is 102 Å². The molecule has 4 aromatic rings. The molecule has 1 aliphatic heterocycles. The Hall–Kier alpha value is -3.14. The van der Waals surface area contributed by atoms with E-state index in [0.717, 1.165) is 27.9 Å². The second kappa shape index (κ2) is 8.09. The number of fused-ring (bicyclic) bond motifs is 1. The molecule has 32 heavy (non-hydrogen) atoms. The van der Waals surface area contributed by atoms with Crippen LogP contribution < -0.4 is 5.32 Å². The molecular weight excluding hydrogens is 437 g/mol. The smallest absolute Gasteiger partial charge is 0.140 e. The first-order chi connectivity index (χ1) is 15.5. The molecule has 0 unspecified atom stereocenters. The Labute approximate surface area is 197 Å². The van der Waals surface area contributed by atoms with Gasteiger partial charge in [-0.05, 0) is 36.6 Å². The van der Waals surface area contributed by atoms with Crippen molar-refractivity contribution >= 4 is 34.7 Å². The molecule has 0 spiro atoms. The van der Waals surface area contributed by atoms with Gasteiger partial charge in [0.25, 0.3) is 0 Å². The number of pyridine rings is 1. The number of hydrogen-bond acceptors (Lipinski definition) is 3. The third-order valence-corrected chi connectivity index (χ3v) is 6.79. The number of aryl methyl sites for hydroxylation is 1. The maximum Gasteiger partial charge on any atom is 0.140 e. The van der Waals surface area contributed by atoms with E-state index >= 15 is 0 Å². The fourth-order valence-corrected chi connectivity index (χ4v) is 4.93. The molecule has 0 atom stereocenters. The molecule has 158 valence electrons. The van der Waals surface area contributed by atoms with Gasteiger partial charge >= 0.3 is 0 Å². The van der Waals surface area contributed by atoms with Crippen LogP contribution in [0.3, 0.4) is 0 Å². The Kier molecular flexibility index (Phi) is 5.24. The second-order valence-corrected chi connectivity index (χ2v) is 8.61. The number of hydrogen-bond donors (Lipinski definition) is 1. The van der Waals surface area contributed by atoms with Gasteiger partial charge in [0, 0.05) is 11.3 Å². The molecule has 0 amide bonds. The SMILES string of the molecule is Cc1nc(Cl)c(C2=NC(c3ccccc3)(c3ccccc3)c3ccccc3N2)c(C)c1Cl. The average molecular weight is 458 g/mol. The predicted octanol–water partition coefficient (Wildman–Crippen LogP) is 7.17. The highest BCUT2D eigenvalue weighted by atomic mass is 35.5. The van der Waals surface area contributed by atoms with Crippen molar-refractivity contribution in [3.8, 4) is 0 Å². The van der Waals surface area contributed by atoms with E-state index in [1.54, 1.807) is 0 Å². The van der Waals surface area contributed by atoms with Crippen LogP contribution in [0.1, 0.15) is 33.5 Å². The number of aromatic nitrogens is 1. The Morgan fingerprint density at radius 2 is 1.31 bits per heavy atom. The van der Waals surface area contributed by atoms with Crippen molar-refractivity contribution in [3.05, 3.63) is 129 Å². The minimum Gasteiger partial charge on any atom is -0.340 e. The first-order valence-electron chi connectivity index (χ1n) is 10.4. The molecule has 3 aromatic carbocycles. The monoisotopic (exact) mass is 457 g/mol. The number of nitrogens with one attached hydrogen (secondary N) is 1. The molecule has 2 heterocycles. The number of para-hydroxylation sites is 1. The summed E-state index contributed by atoms with van der Waals surface area (Å²) in [6.45, 7) is 3.81. The predicted molar refractivity (Wildman–Crippen MR) is 133 cm³/mol. The maximum absolute atomic E-state index is 6.66. The van der Waals surface area contributed by atoms with Crippen molar-refractivity contribution in [2.24, 2.45) is 4.99 Å². The largest absolute Gasteiger partial charge is 0.340 e. The van der Waals surface area contributed by atoms with Crippen LogP contribution in [-0.4, -0.2) is 10.8 Å². The summed E-state index contributed by atoms with van der Waals surface area (Å²) in [5, 5.41) is 4.48. The summed E-state index contributed by atoms with van der Waals surface area (Å²) in [4.78, 5) is 9.85. The Morgan fingerprint density at radius 1 is 0.750 bits per heavy atom. The van der Waals surface area contributed by atoms with Crippen LogP contribution >= 0.6 is 23.2 Å². The zero-order valence-electron chi connectivity index (χ0n) is 17.7. The molecule has 0 saturated heterocycles. The van der Waals surface area contributed by atoms with Crippen LogP contribution in [0.4, 0.5) is 5.69 Å². The summed E-state index contributed by atoms with van der Waals surface area (Å²) in [6.07, 6.45) is 0. The van der Waals surface area contributed by atoms with Crippen molar-refractivity contribution in [3.63, 3.8) is 0 Å². The Bertz CT molecular complexity index is 1290. The number of aliphatic imine (C=N–C) groups is 1. The van der Waals surface area contributed by atoms with Gasteiger partial charge in [0.05, 0.1) is 16.3 Å². The van der Waals surface area contributed by atoms with Gasteiger partial charge < -0.3 is 5.32 Å². The molecule has 3 nitrogen and oxygen atoms in total. The van der Waals surface area contributed by atoms with Crippen molar-refractivity contribution < 1.29 is 0 Å². The molecule has 0 radical (unpaired) electrons. The summed E-state index contributed by atoms with van der Waals surface area (Å²) in [6, 6.07) is 28.9. The fraction of sp³-hybridized carbons (Fsp3) is 0.111. The van der Waals surface area contributed by atoms with E-state index in [-0.39, 0.29) is 0 Å². The molecule has 0 saturated carbocycles. The molecule has 0 bridgehead atoms. The number of amidine groups is 1. The first kappa shape index (κ1) is 20.7. The van der Waals surface area contributed by atoms with Crippen molar-refractivity contribution in [1.29, 1.82) is 0 Å². The third-order valence-electron chi connectivity index (χ3n) is 5.96. The minimum absolute atomic E-state index is 0.380. The van der Waals surface area contributed by atoms with E-state index in [0.29, 0.717) is 27.3 Å². The van der Waals surface area contributed by atoms with Gasteiger partial charge in [-0.2, -0.15) is 0 Å². The van der Waals surface area contributed by atoms with Gasteiger partial charge in [0.15, 0.2) is 0 Å². The molecule has 1 N–H and O–H groups in total. The van der Waals surface area contributed by atoms with E-state index in [2.05, 4.69) is 46.7 Å². The van der Waals surface area contributed by atoms with Gasteiger partial charge in [-0.3, -0.25) is 0 Å². The lowest BCUT2D eigenvalue weighted by molar-refractivity contribution is 0.652. The van der Waals surface area contributed by atoms with E-state index in [4.69, 9.17) is 28.2 Å². The number of halogens is 2. The molecule has 0 fully saturated rings. The molecule has 1 aliphatic rings. The zero-order valence-corrected chi connectivity index (χ0v) is 19.2. The standard InChI is InChI=1S/C27H21Cl2N3/c1-17-23(25(29)30-18(2)24(17)28)26-31-22-16-10-9-15-21(22)27(32-26,19-11-5-3-6-12-19)20-13-7-4-8-14-20/h3-16H,1-2H3,(H,31,32). The van der Waals surface area contributed by atoms with Crippen molar-refractivity contribution in [2.75, 3.05) is 5.32 Å².